The van der Waals surface area contributed by atoms with E-state index in [1.54, 1.807) is 41.7 Å². The highest BCUT2D eigenvalue weighted by molar-refractivity contribution is 7.09. The van der Waals surface area contributed by atoms with Crippen LogP contribution < -0.4 is 10.1 Å². The van der Waals surface area contributed by atoms with Gasteiger partial charge >= 0.3 is 6.03 Å². The van der Waals surface area contributed by atoms with E-state index in [0.717, 1.165) is 17.2 Å². The minimum Gasteiger partial charge on any atom is -0.497 e. The third kappa shape index (κ3) is 5.34. The number of nitrogens with zero attached hydrogens (tertiary/aromatic N) is 3. The molecule has 172 valence electrons. The average Bonchev–Trinajstić information content (AvgIpc) is 3.30. The van der Waals surface area contributed by atoms with Crippen molar-refractivity contribution in [1.82, 2.24) is 14.8 Å². The van der Waals surface area contributed by atoms with E-state index in [4.69, 9.17) is 4.74 Å². The molecule has 0 saturated heterocycles. The number of rotatable bonds is 6. The Morgan fingerprint density at radius 3 is 2.58 bits per heavy atom. The van der Waals surface area contributed by atoms with Crippen LogP contribution in [0.3, 0.4) is 0 Å². The molecule has 3 amide bonds. The number of hydrogen-bond acceptors (Lipinski definition) is 5. The predicted molar refractivity (Wildman–Crippen MR) is 130 cm³/mol. The lowest BCUT2D eigenvalue weighted by Gasteiger charge is -2.28. The minimum atomic E-state index is -0.217. The summed E-state index contributed by atoms with van der Waals surface area (Å²) in [4.78, 5) is 34.1. The molecule has 0 aliphatic carbocycles. The fourth-order valence-electron chi connectivity index (χ4n) is 3.82. The lowest BCUT2D eigenvalue weighted by molar-refractivity contribution is 0.0729. The normalized spacial score (nSPS) is 12.9. The zero-order valence-corrected chi connectivity index (χ0v) is 19.9. The third-order valence-corrected chi connectivity index (χ3v) is 6.55. The van der Waals surface area contributed by atoms with Crippen molar-refractivity contribution >= 4 is 29.0 Å². The Kier molecular flexibility index (Phi) is 6.93. The summed E-state index contributed by atoms with van der Waals surface area (Å²) in [6.45, 7) is 5.53. The third-order valence-electron chi connectivity index (χ3n) is 5.72. The number of aromatic nitrogens is 1. The molecule has 4 rings (SSSR count). The first kappa shape index (κ1) is 22.8. The molecule has 3 aromatic rings. The van der Waals surface area contributed by atoms with Crippen molar-refractivity contribution in [2.75, 3.05) is 19.0 Å². The van der Waals surface area contributed by atoms with E-state index in [-0.39, 0.29) is 18.0 Å². The fourth-order valence-corrected chi connectivity index (χ4v) is 4.58. The summed E-state index contributed by atoms with van der Waals surface area (Å²) in [7, 11) is 1.60. The second-order valence-corrected chi connectivity index (χ2v) is 9.19. The maximum Gasteiger partial charge on any atom is 0.322 e. The Morgan fingerprint density at radius 1 is 1.15 bits per heavy atom. The average molecular weight is 465 g/mol. The van der Waals surface area contributed by atoms with Gasteiger partial charge in [-0.3, -0.25) is 4.79 Å². The number of nitrogens with one attached hydrogen (secondary N) is 1. The smallest absolute Gasteiger partial charge is 0.322 e. The SMILES string of the molecule is COc1ccc(NC(=O)N(Cc2nc(C(=O)N3CCc4ccccc4C3)cs2)C(C)C)cc1. The molecular weight excluding hydrogens is 436 g/mol. The van der Waals surface area contributed by atoms with Crippen LogP contribution in [0.1, 0.15) is 40.5 Å². The van der Waals surface area contributed by atoms with Gasteiger partial charge in [-0.1, -0.05) is 24.3 Å². The highest BCUT2D eigenvalue weighted by atomic mass is 32.1. The van der Waals surface area contributed by atoms with Crippen LogP contribution in [0.25, 0.3) is 0 Å². The maximum absolute atomic E-state index is 13.0. The van der Waals surface area contributed by atoms with E-state index >= 15 is 0 Å². The number of amides is 3. The van der Waals surface area contributed by atoms with Crippen molar-refractivity contribution < 1.29 is 14.3 Å². The van der Waals surface area contributed by atoms with Gasteiger partial charge in [0.25, 0.3) is 5.91 Å². The number of ether oxygens (including phenoxy) is 1. The van der Waals surface area contributed by atoms with Gasteiger partial charge in [-0.15, -0.1) is 11.3 Å². The molecule has 8 heteroatoms. The fraction of sp³-hybridized carbons (Fsp3) is 0.320. The Morgan fingerprint density at radius 2 is 1.88 bits per heavy atom. The van der Waals surface area contributed by atoms with Gasteiger partial charge in [0.1, 0.15) is 16.5 Å². The topological polar surface area (TPSA) is 74.8 Å². The molecule has 0 unspecified atom stereocenters. The molecule has 0 bridgehead atoms. The van der Waals surface area contributed by atoms with Gasteiger partial charge in [0.2, 0.25) is 0 Å². The summed E-state index contributed by atoms with van der Waals surface area (Å²) < 4.78 is 5.16. The van der Waals surface area contributed by atoms with Crippen molar-refractivity contribution in [2.24, 2.45) is 0 Å². The number of fused-ring (bicyclic) bond motifs is 1. The summed E-state index contributed by atoms with van der Waals surface area (Å²) >= 11 is 1.41. The molecule has 33 heavy (non-hydrogen) atoms. The first-order chi connectivity index (χ1) is 15.9. The van der Waals surface area contributed by atoms with Gasteiger partial charge in [0.15, 0.2) is 0 Å². The lowest BCUT2D eigenvalue weighted by atomic mass is 10.00. The minimum absolute atomic E-state index is 0.0371. The number of urea groups is 1. The summed E-state index contributed by atoms with van der Waals surface area (Å²) in [5, 5.41) is 5.44. The summed E-state index contributed by atoms with van der Waals surface area (Å²) in [5.41, 5.74) is 3.62. The molecule has 7 nitrogen and oxygen atoms in total. The van der Waals surface area contributed by atoms with E-state index < -0.39 is 0 Å². The van der Waals surface area contributed by atoms with Crippen LogP contribution in [-0.4, -0.2) is 46.4 Å². The molecule has 0 spiro atoms. The van der Waals surface area contributed by atoms with Crippen LogP contribution in [0.5, 0.6) is 5.75 Å². The van der Waals surface area contributed by atoms with E-state index in [1.807, 2.05) is 30.9 Å². The van der Waals surface area contributed by atoms with Crippen LogP contribution in [-0.2, 0) is 19.5 Å². The zero-order valence-electron chi connectivity index (χ0n) is 19.1. The molecule has 1 aliphatic heterocycles. The molecule has 1 aliphatic rings. The molecule has 2 heterocycles. The molecule has 0 atom stereocenters. The molecule has 0 saturated carbocycles. The Balaban J connectivity index is 1.41. The first-order valence-electron chi connectivity index (χ1n) is 11.0. The maximum atomic E-state index is 13.0. The zero-order chi connectivity index (χ0) is 23.4. The Hall–Kier alpha value is -3.39. The largest absolute Gasteiger partial charge is 0.497 e. The molecular formula is C25H28N4O3S. The van der Waals surface area contributed by atoms with Crippen LogP contribution in [0.4, 0.5) is 10.5 Å². The number of methoxy groups -OCH3 is 1. The molecule has 0 fully saturated rings. The van der Waals surface area contributed by atoms with Crippen molar-refractivity contribution in [3.05, 3.63) is 75.7 Å². The van der Waals surface area contributed by atoms with Gasteiger partial charge in [-0.05, 0) is 55.7 Å². The second kappa shape index (κ2) is 10.0. The molecule has 1 aromatic heterocycles. The monoisotopic (exact) mass is 464 g/mol. The Labute approximate surface area is 198 Å². The van der Waals surface area contributed by atoms with Gasteiger partial charge in [0.05, 0.1) is 13.7 Å². The lowest BCUT2D eigenvalue weighted by Crippen LogP contribution is -2.39. The summed E-state index contributed by atoms with van der Waals surface area (Å²) in [6, 6.07) is 15.2. The van der Waals surface area contributed by atoms with E-state index in [1.165, 1.54) is 22.5 Å². The van der Waals surface area contributed by atoms with Crippen molar-refractivity contribution in [3.8, 4) is 5.75 Å². The van der Waals surface area contributed by atoms with Crippen molar-refractivity contribution in [2.45, 2.75) is 39.4 Å². The van der Waals surface area contributed by atoms with Crippen LogP contribution in [0.15, 0.2) is 53.9 Å². The Bertz CT molecular complexity index is 1130. The highest BCUT2D eigenvalue weighted by Gasteiger charge is 2.25. The second-order valence-electron chi connectivity index (χ2n) is 8.25. The number of benzene rings is 2. The van der Waals surface area contributed by atoms with Crippen LogP contribution >= 0.6 is 11.3 Å². The summed E-state index contributed by atoms with van der Waals surface area (Å²) in [6.07, 6.45) is 0.853. The quantitative estimate of drug-likeness (QED) is 0.569. The van der Waals surface area contributed by atoms with Crippen molar-refractivity contribution in [1.29, 1.82) is 0 Å². The summed E-state index contributed by atoms with van der Waals surface area (Å²) in [5.74, 6) is 0.664. The number of anilines is 1. The van der Waals surface area contributed by atoms with Crippen LogP contribution in [0, 0.1) is 0 Å². The number of carbonyl (C=O) groups is 2. The first-order valence-corrected chi connectivity index (χ1v) is 11.8. The van der Waals surface area contributed by atoms with Gasteiger partial charge < -0.3 is 19.9 Å². The van der Waals surface area contributed by atoms with E-state index in [9.17, 15) is 9.59 Å². The standard InChI is InChI=1S/C25H28N4O3S/c1-17(2)29(25(31)26-20-8-10-21(32-3)11-9-20)15-23-27-22(16-33-23)24(30)28-13-12-18-6-4-5-7-19(18)14-28/h4-11,16-17H,12-15H2,1-3H3,(H,26,31). The molecule has 2 aromatic carbocycles. The van der Waals surface area contributed by atoms with Crippen LogP contribution in [0.2, 0.25) is 0 Å². The van der Waals surface area contributed by atoms with Gasteiger partial charge in [0, 0.05) is 30.2 Å². The number of carbonyl (C=O) groups excluding carboxylic acids is 2. The molecule has 1 N–H and O–H groups in total. The van der Waals surface area contributed by atoms with Crippen molar-refractivity contribution in [3.63, 3.8) is 0 Å². The van der Waals surface area contributed by atoms with E-state index in [0.29, 0.717) is 31.0 Å². The van der Waals surface area contributed by atoms with Gasteiger partial charge in [-0.25, -0.2) is 9.78 Å². The van der Waals surface area contributed by atoms with Gasteiger partial charge in [-0.2, -0.15) is 0 Å². The molecule has 0 radical (unpaired) electrons. The predicted octanol–water partition coefficient (Wildman–Crippen LogP) is 4.79. The van der Waals surface area contributed by atoms with E-state index in [2.05, 4.69) is 22.4 Å². The number of thiazole rings is 1. The number of hydrogen-bond donors (Lipinski definition) is 1. The highest BCUT2D eigenvalue weighted by Crippen LogP contribution is 2.22.